The molecule has 0 radical (unpaired) electrons. The molecule has 4 N–H and O–H groups in total. The summed E-state index contributed by atoms with van der Waals surface area (Å²) < 4.78 is 57.8. The third kappa shape index (κ3) is 7.67. The maximum atomic E-state index is 16.3. The van der Waals surface area contributed by atoms with E-state index in [1.54, 1.807) is 23.1 Å². The molecule has 8 aliphatic rings. The van der Waals surface area contributed by atoms with Gasteiger partial charge in [-0.1, -0.05) is 56.3 Å². The van der Waals surface area contributed by atoms with Crippen LogP contribution in [0, 0.1) is 34.4 Å². The fraction of sp³-hybridized carbons (Fsp3) is 0.531. The summed E-state index contributed by atoms with van der Waals surface area (Å²) in [5.74, 6) is 4.34. The Morgan fingerprint density at radius 2 is 1.78 bits per heavy atom. The highest BCUT2D eigenvalue weighted by molar-refractivity contribution is 6.30. The van der Waals surface area contributed by atoms with Gasteiger partial charge in [0.25, 0.3) is 5.91 Å². The zero-order valence-corrected chi connectivity index (χ0v) is 37.3. The van der Waals surface area contributed by atoms with Gasteiger partial charge in [-0.2, -0.15) is 13.2 Å². The van der Waals surface area contributed by atoms with Crippen LogP contribution in [0.1, 0.15) is 116 Å². The highest BCUT2D eigenvalue weighted by atomic mass is 35.5. The van der Waals surface area contributed by atoms with E-state index in [4.69, 9.17) is 11.6 Å². The van der Waals surface area contributed by atoms with E-state index in [0.717, 1.165) is 68.9 Å². The van der Waals surface area contributed by atoms with Crippen LogP contribution in [0.2, 0.25) is 5.02 Å². The molecule has 5 aliphatic heterocycles. The first-order chi connectivity index (χ1) is 30.8. The number of alkyl halides is 3. The van der Waals surface area contributed by atoms with Crippen LogP contribution in [0.5, 0.6) is 0 Å². The number of imide groups is 1. The summed E-state index contributed by atoms with van der Waals surface area (Å²) in [6.07, 6.45) is 2.03. The lowest BCUT2D eigenvalue weighted by Crippen LogP contribution is -2.77. The first-order valence-corrected chi connectivity index (χ1v) is 23.0. The lowest BCUT2D eigenvalue weighted by molar-refractivity contribution is -0.176. The minimum atomic E-state index is -4.65. The zero-order chi connectivity index (χ0) is 45.8. The van der Waals surface area contributed by atoms with Crippen LogP contribution in [0.15, 0.2) is 48.7 Å². The second kappa shape index (κ2) is 15.5. The molecule has 1 unspecified atom stereocenters. The first-order valence-electron chi connectivity index (χ1n) is 22.6. The summed E-state index contributed by atoms with van der Waals surface area (Å²) in [4.78, 5) is 59.8. The monoisotopic (exact) mass is 913 g/mol. The number of rotatable bonds is 7. The Bertz CT molecular complexity index is 2560. The number of carbonyl (C=O) groups excluding carboxylic acids is 4. The first kappa shape index (κ1) is 43.8. The molecule has 4 amide bonds. The fourth-order valence-electron chi connectivity index (χ4n) is 12.5. The minimum absolute atomic E-state index is 0.0929. The summed E-state index contributed by atoms with van der Waals surface area (Å²) in [6, 6.07) is 9.32. The number of aromatic nitrogens is 1. The van der Waals surface area contributed by atoms with Crippen molar-refractivity contribution in [3.8, 4) is 11.8 Å². The van der Waals surface area contributed by atoms with Gasteiger partial charge in [0.1, 0.15) is 17.6 Å². The van der Waals surface area contributed by atoms with Crippen molar-refractivity contribution in [1.82, 2.24) is 30.7 Å². The molecule has 1 aromatic heterocycles. The highest BCUT2D eigenvalue weighted by Crippen LogP contribution is 2.68. The van der Waals surface area contributed by atoms with Gasteiger partial charge < -0.3 is 25.8 Å². The number of hydrogen-bond acceptors (Lipinski definition) is 8. The van der Waals surface area contributed by atoms with Gasteiger partial charge in [-0.3, -0.25) is 29.5 Å². The number of benzene rings is 2. The molecule has 342 valence electrons. The van der Waals surface area contributed by atoms with Crippen LogP contribution in [0.25, 0.3) is 0 Å². The largest absolute Gasteiger partial charge is 0.433 e. The second-order valence-corrected chi connectivity index (χ2v) is 21.4. The smallest absolute Gasteiger partial charge is 0.384 e. The number of carbonyl (C=O) groups is 4. The number of likely N-dealkylation sites (tertiary alicyclic amines) is 1. The van der Waals surface area contributed by atoms with Gasteiger partial charge in [-0.25, -0.2) is 4.39 Å². The third-order valence-electron chi connectivity index (χ3n) is 15.2. The van der Waals surface area contributed by atoms with Crippen LogP contribution in [-0.2, 0) is 32.5 Å². The molecule has 11 rings (SSSR count). The Kier molecular flexibility index (Phi) is 10.5. The van der Waals surface area contributed by atoms with Crippen molar-refractivity contribution in [1.29, 1.82) is 0 Å². The molecule has 3 aliphatic carbocycles. The Labute approximate surface area is 380 Å². The number of nitrogens with one attached hydrogen (secondary N) is 4. The standard InChI is InChI=1S/C49H52ClF4N7O4/c1-45(2,3)19-37-48(25-56-34-18-36(49(52,53)54)55-20-32(34)48)39(31-5-4-6-33(50)40(31)51)41(57-37)43(64)59-47-22-46(23-47,24-47)26-60-15-13-27(14-16-60)7-8-28-9-10-30-29(17-28)21-61(44(30)65)35-11-12-38(62)58-42(35)63/h4-6,9-10,17-18,20,27,35,37,39,41,56-57H,11-16,19,21-26H2,1-3H3,(H,59,64)(H,58,62,63)/t35?,37-,39-,41+,46?,47?,48-/m0/s1. The lowest BCUT2D eigenvalue weighted by Gasteiger charge is -2.71. The van der Waals surface area contributed by atoms with E-state index in [1.807, 2.05) is 12.1 Å². The second-order valence-electron chi connectivity index (χ2n) is 21.0. The van der Waals surface area contributed by atoms with E-state index in [9.17, 15) is 32.3 Å². The van der Waals surface area contributed by atoms with Gasteiger partial charge in [0.15, 0.2) is 0 Å². The molecule has 3 saturated heterocycles. The summed E-state index contributed by atoms with van der Waals surface area (Å²) >= 11 is 6.38. The van der Waals surface area contributed by atoms with E-state index in [0.29, 0.717) is 30.5 Å². The van der Waals surface area contributed by atoms with Gasteiger partial charge in [-0.05, 0) is 110 Å². The van der Waals surface area contributed by atoms with Crippen molar-refractivity contribution < 1.29 is 36.7 Å². The summed E-state index contributed by atoms with van der Waals surface area (Å²) in [5, 5.41) is 12.5. The van der Waals surface area contributed by atoms with Crippen LogP contribution in [0.4, 0.5) is 23.2 Å². The normalized spacial score (nSPS) is 30.8. The van der Waals surface area contributed by atoms with Crippen molar-refractivity contribution in [3.63, 3.8) is 0 Å². The Hall–Kier alpha value is -5.04. The Morgan fingerprint density at radius 3 is 2.49 bits per heavy atom. The van der Waals surface area contributed by atoms with Crippen LogP contribution in [0.3, 0.4) is 0 Å². The predicted molar refractivity (Wildman–Crippen MR) is 234 cm³/mol. The predicted octanol–water partition coefficient (Wildman–Crippen LogP) is 6.68. The van der Waals surface area contributed by atoms with Crippen LogP contribution < -0.4 is 21.3 Å². The highest BCUT2D eigenvalue weighted by Gasteiger charge is 2.70. The minimum Gasteiger partial charge on any atom is -0.384 e. The molecule has 16 heteroatoms. The van der Waals surface area contributed by atoms with Gasteiger partial charge >= 0.3 is 6.18 Å². The molecule has 2 bridgehead atoms. The van der Waals surface area contributed by atoms with E-state index < -0.39 is 53.1 Å². The number of hydrogen-bond donors (Lipinski definition) is 4. The summed E-state index contributed by atoms with van der Waals surface area (Å²) in [6.45, 7) is 9.44. The molecule has 6 heterocycles. The number of nitrogens with zero attached hydrogens (tertiary/aromatic N) is 3. The van der Waals surface area contributed by atoms with Crippen molar-refractivity contribution in [2.24, 2.45) is 16.7 Å². The molecular weight excluding hydrogens is 862 g/mol. The number of amides is 4. The average molecular weight is 914 g/mol. The van der Waals surface area contributed by atoms with Gasteiger partial charge in [-0.15, -0.1) is 0 Å². The van der Waals surface area contributed by atoms with E-state index >= 15 is 4.39 Å². The van der Waals surface area contributed by atoms with Crippen molar-refractivity contribution in [2.45, 2.75) is 120 Å². The van der Waals surface area contributed by atoms with Gasteiger partial charge in [0.2, 0.25) is 17.7 Å². The molecule has 5 atom stereocenters. The van der Waals surface area contributed by atoms with E-state index in [2.05, 4.69) is 63.8 Å². The quantitative estimate of drug-likeness (QED) is 0.117. The fourth-order valence-corrected chi connectivity index (χ4v) is 12.7. The summed E-state index contributed by atoms with van der Waals surface area (Å²) in [7, 11) is 0. The third-order valence-corrected chi connectivity index (χ3v) is 15.5. The molecule has 65 heavy (non-hydrogen) atoms. The van der Waals surface area contributed by atoms with Crippen LogP contribution in [-0.4, -0.2) is 88.3 Å². The molecule has 1 spiro atoms. The maximum absolute atomic E-state index is 16.3. The lowest BCUT2D eigenvalue weighted by atomic mass is 9.39. The average Bonchev–Trinajstić information content (AvgIpc) is 3.87. The molecule has 6 fully saturated rings. The van der Waals surface area contributed by atoms with Crippen molar-refractivity contribution in [2.75, 3.05) is 31.5 Å². The molecular formula is C49H52ClF4N7O4. The SMILES string of the molecule is CC(C)(C)C[C@@H]1N[C@@H](C(=O)NC23CC(CN4CCC(C#Cc5ccc6c(c5)CN(C5CCC(=O)NC5=O)C6=O)CC4)(C2)C3)[C@H](c2cccc(Cl)c2F)[C@]12CNc1cc(C(F)(F)F)ncc12. The molecule has 3 saturated carbocycles. The number of halogens is 5. The number of pyridine rings is 1. The number of anilines is 1. The number of fused-ring (bicyclic) bond motifs is 3. The maximum Gasteiger partial charge on any atom is 0.433 e. The van der Waals surface area contributed by atoms with E-state index in [1.165, 1.54) is 12.3 Å². The Balaban J connectivity index is 0.786. The van der Waals surface area contributed by atoms with Gasteiger partial charge in [0.05, 0.1) is 11.1 Å². The topological polar surface area (TPSA) is 136 Å². The number of piperidine rings is 2. The molecule has 11 nitrogen and oxygen atoms in total. The van der Waals surface area contributed by atoms with Gasteiger partial charge in [0, 0.05) is 83.5 Å². The zero-order valence-electron chi connectivity index (χ0n) is 36.6. The van der Waals surface area contributed by atoms with Crippen LogP contribution >= 0.6 is 11.6 Å². The van der Waals surface area contributed by atoms with E-state index in [-0.39, 0.29) is 69.2 Å². The Morgan fingerprint density at radius 1 is 1.03 bits per heavy atom. The summed E-state index contributed by atoms with van der Waals surface area (Å²) in [5.41, 5.74) is 0.677. The molecule has 2 aromatic carbocycles. The van der Waals surface area contributed by atoms with Crippen molar-refractivity contribution >= 4 is 40.9 Å². The molecule has 3 aromatic rings. The van der Waals surface area contributed by atoms with Crippen molar-refractivity contribution in [3.05, 3.63) is 93.0 Å².